The number of carbonyl (C=O) groups is 1. The van der Waals surface area contributed by atoms with Crippen molar-refractivity contribution in [1.82, 2.24) is 14.5 Å². The highest BCUT2D eigenvalue weighted by molar-refractivity contribution is 5.76. The molecule has 3 heterocycles. The van der Waals surface area contributed by atoms with Crippen LogP contribution in [-0.4, -0.2) is 45.7 Å². The summed E-state index contributed by atoms with van der Waals surface area (Å²) in [7, 11) is 0. The molecule has 28 heavy (non-hydrogen) atoms. The Morgan fingerprint density at radius 3 is 2.86 bits per heavy atom. The molecular formula is C23H29N3O2. The third kappa shape index (κ3) is 3.16. The van der Waals surface area contributed by atoms with Crippen molar-refractivity contribution in [3.05, 3.63) is 42.4 Å². The van der Waals surface area contributed by atoms with Gasteiger partial charge in [-0.15, -0.1) is 0 Å². The molecule has 3 aliphatic rings. The van der Waals surface area contributed by atoms with Crippen molar-refractivity contribution in [2.45, 2.75) is 69.5 Å². The number of nitrogens with zero attached hydrogens (tertiary/aromatic N) is 3. The van der Waals surface area contributed by atoms with Crippen LogP contribution in [0.4, 0.5) is 0 Å². The lowest BCUT2D eigenvalue weighted by Crippen LogP contribution is -2.44. The lowest BCUT2D eigenvalue weighted by atomic mass is 9.94. The number of aromatic nitrogens is 2. The molecule has 0 bridgehead atoms. The van der Waals surface area contributed by atoms with Crippen LogP contribution in [0.3, 0.4) is 0 Å². The van der Waals surface area contributed by atoms with Crippen LogP contribution in [0.5, 0.6) is 0 Å². The number of imidazole rings is 1. The van der Waals surface area contributed by atoms with Crippen molar-refractivity contribution < 1.29 is 9.53 Å². The van der Waals surface area contributed by atoms with E-state index in [1.54, 1.807) is 0 Å². The predicted octanol–water partition coefficient (Wildman–Crippen LogP) is 4.18. The standard InChI is InChI=1S/C23H29N3O2/c27-23(21-11-6-13-25(21)17-7-2-1-3-8-17)28-14-12-20-18-9-4-5-10-19(18)22-15-24-16-26(20)22/h4-5,9-10,15-17,20-21H,1-3,6-8,11-14H2/t20?,21-/m0/s1. The molecule has 2 aliphatic heterocycles. The minimum absolute atomic E-state index is 0.0137. The number of hydrogen-bond donors (Lipinski definition) is 0. The number of esters is 1. The molecule has 2 fully saturated rings. The van der Waals surface area contributed by atoms with Gasteiger partial charge in [-0.3, -0.25) is 9.69 Å². The molecule has 1 unspecified atom stereocenters. The fraction of sp³-hybridized carbons (Fsp3) is 0.565. The third-order valence-corrected chi connectivity index (χ3v) is 6.84. The molecule has 0 N–H and O–H groups in total. The summed E-state index contributed by atoms with van der Waals surface area (Å²) >= 11 is 0. The second kappa shape index (κ2) is 7.70. The van der Waals surface area contributed by atoms with Gasteiger partial charge in [0.1, 0.15) is 6.04 Å². The molecule has 2 atom stereocenters. The average Bonchev–Trinajstić information content (AvgIpc) is 3.46. The summed E-state index contributed by atoms with van der Waals surface area (Å²) in [6.45, 7) is 1.52. The van der Waals surface area contributed by atoms with Gasteiger partial charge < -0.3 is 9.30 Å². The fourth-order valence-electron chi connectivity index (χ4n) is 5.49. The van der Waals surface area contributed by atoms with E-state index < -0.39 is 0 Å². The Morgan fingerprint density at radius 1 is 1.11 bits per heavy atom. The molecule has 1 aromatic heterocycles. The molecule has 5 heteroatoms. The molecule has 1 saturated heterocycles. The number of likely N-dealkylation sites (tertiary alicyclic amines) is 1. The van der Waals surface area contributed by atoms with E-state index in [0.29, 0.717) is 12.6 Å². The quantitative estimate of drug-likeness (QED) is 0.731. The zero-order valence-corrected chi connectivity index (χ0v) is 16.4. The lowest BCUT2D eigenvalue weighted by molar-refractivity contribution is -0.150. The second-order valence-corrected chi connectivity index (χ2v) is 8.43. The van der Waals surface area contributed by atoms with Gasteiger partial charge >= 0.3 is 5.97 Å². The summed E-state index contributed by atoms with van der Waals surface area (Å²) in [6.07, 6.45) is 13.1. The molecule has 0 amide bonds. The smallest absolute Gasteiger partial charge is 0.323 e. The summed E-state index contributed by atoms with van der Waals surface area (Å²) in [4.78, 5) is 19.6. The van der Waals surface area contributed by atoms with E-state index in [1.165, 1.54) is 43.2 Å². The molecule has 148 valence electrons. The number of ether oxygens (including phenoxy) is 1. The summed E-state index contributed by atoms with van der Waals surface area (Å²) in [6, 6.07) is 9.24. The molecule has 1 aliphatic carbocycles. The fourth-order valence-corrected chi connectivity index (χ4v) is 5.49. The molecule has 5 nitrogen and oxygen atoms in total. The minimum atomic E-state index is -0.0252. The molecule has 2 aromatic rings. The van der Waals surface area contributed by atoms with Crippen LogP contribution in [0.25, 0.3) is 11.3 Å². The molecule has 0 radical (unpaired) electrons. The van der Waals surface area contributed by atoms with E-state index in [1.807, 2.05) is 12.5 Å². The van der Waals surface area contributed by atoms with Crippen LogP contribution < -0.4 is 0 Å². The van der Waals surface area contributed by atoms with Crippen molar-refractivity contribution in [3.8, 4) is 11.3 Å². The van der Waals surface area contributed by atoms with E-state index in [0.717, 1.165) is 31.5 Å². The minimum Gasteiger partial charge on any atom is -0.464 e. The van der Waals surface area contributed by atoms with Gasteiger partial charge in [-0.25, -0.2) is 4.98 Å². The lowest BCUT2D eigenvalue weighted by Gasteiger charge is -2.34. The van der Waals surface area contributed by atoms with Crippen molar-refractivity contribution in [2.24, 2.45) is 0 Å². The Labute approximate surface area is 166 Å². The predicted molar refractivity (Wildman–Crippen MR) is 108 cm³/mol. The number of carbonyl (C=O) groups excluding carboxylic acids is 1. The van der Waals surface area contributed by atoms with Gasteiger partial charge in [0.2, 0.25) is 0 Å². The Kier molecular flexibility index (Phi) is 4.93. The highest BCUT2D eigenvalue weighted by atomic mass is 16.5. The van der Waals surface area contributed by atoms with Crippen LogP contribution in [0, 0.1) is 0 Å². The normalized spacial score (nSPS) is 24.9. The van der Waals surface area contributed by atoms with E-state index in [-0.39, 0.29) is 18.1 Å². The average molecular weight is 380 g/mol. The first-order valence-corrected chi connectivity index (χ1v) is 10.9. The maximum Gasteiger partial charge on any atom is 0.323 e. The monoisotopic (exact) mass is 379 g/mol. The van der Waals surface area contributed by atoms with Crippen molar-refractivity contribution >= 4 is 5.97 Å². The summed E-state index contributed by atoms with van der Waals surface area (Å²) in [5.74, 6) is -0.0137. The Balaban J connectivity index is 1.21. The van der Waals surface area contributed by atoms with Crippen LogP contribution in [-0.2, 0) is 9.53 Å². The summed E-state index contributed by atoms with van der Waals surface area (Å²) in [5.41, 5.74) is 3.71. The number of fused-ring (bicyclic) bond motifs is 3. The number of rotatable bonds is 5. The molecule has 1 aromatic carbocycles. The van der Waals surface area contributed by atoms with Gasteiger partial charge in [-0.2, -0.15) is 0 Å². The second-order valence-electron chi connectivity index (χ2n) is 8.43. The van der Waals surface area contributed by atoms with Crippen molar-refractivity contribution in [3.63, 3.8) is 0 Å². The first kappa shape index (κ1) is 17.9. The Bertz CT molecular complexity index is 840. The SMILES string of the molecule is O=C(OCCC1c2ccccc2-c2cncn21)[C@@H]1CCCN1C1CCCCC1. The topological polar surface area (TPSA) is 47.4 Å². The molecule has 1 saturated carbocycles. The first-order chi connectivity index (χ1) is 13.8. The summed E-state index contributed by atoms with van der Waals surface area (Å²) < 4.78 is 8.01. The Morgan fingerprint density at radius 2 is 1.96 bits per heavy atom. The van der Waals surface area contributed by atoms with E-state index >= 15 is 0 Å². The van der Waals surface area contributed by atoms with Gasteiger partial charge in [0.15, 0.2) is 0 Å². The zero-order valence-electron chi connectivity index (χ0n) is 16.4. The van der Waals surface area contributed by atoms with Crippen molar-refractivity contribution in [1.29, 1.82) is 0 Å². The van der Waals surface area contributed by atoms with Crippen LogP contribution in [0.15, 0.2) is 36.8 Å². The van der Waals surface area contributed by atoms with E-state index in [9.17, 15) is 4.79 Å². The maximum absolute atomic E-state index is 12.8. The molecule has 0 spiro atoms. The largest absolute Gasteiger partial charge is 0.464 e. The molecule has 5 rings (SSSR count). The number of hydrogen-bond acceptors (Lipinski definition) is 4. The van der Waals surface area contributed by atoms with Crippen LogP contribution in [0.1, 0.15) is 63.0 Å². The van der Waals surface area contributed by atoms with Crippen molar-refractivity contribution in [2.75, 3.05) is 13.2 Å². The zero-order chi connectivity index (χ0) is 18.9. The van der Waals surface area contributed by atoms with Gasteiger partial charge in [0.25, 0.3) is 0 Å². The van der Waals surface area contributed by atoms with Gasteiger partial charge in [0, 0.05) is 18.0 Å². The van der Waals surface area contributed by atoms with Gasteiger partial charge in [-0.1, -0.05) is 43.5 Å². The van der Waals surface area contributed by atoms with E-state index in [2.05, 4.69) is 38.7 Å². The van der Waals surface area contributed by atoms with Crippen LogP contribution in [0.2, 0.25) is 0 Å². The van der Waals surface area contributed by atoms with E-state index in [4.69, 9.17) is 4.74 Å². The highest BCUT2D eigenvalue weighted by Crippen LogP contribution is 2.40. The Hall–Kier alpha value is -2.14. The number of benzene rings is 1. The summed E-state index contributed by atoms with van der Waals surface area (Å²) in [5, 5.41) is 0. The first-order valence-electron chi connectivity index (χ1n) is 10.9. The maximum atomic E-state index is 12.8. The van der Waals surface area contributed by atoms with Crippen LogP contribution >= 0.6 is 0 Å². The third-order valence-electron chi connectivity index (χ3n) is 6.84. The molecular weight excluding hydrogens is 350 g/mol. The highest BCUT2D eigenvalue weighted by Gasteiger charge is 2.37. The van der Waals surface area contributed by atoms with Gasteiger partial charge in [-0.05, 0) is 37.8 Å². The van der Waals surface area contributed by atoms with Gasteiger partial charge in [0.05, 0.1) is 30.9 Å².